The van der Waals surface area contributed by atoms with Crippen LogP contribution in [0, 0.1) is 11.3 Å². The molecule has 0 aliphatic carbocycles. The zero-order valence-corrected chi connectivity index (χ0v) is 15.0. The number of aliphatic carboxylic acids is 1. The van der Waals surface area contributed by atoms with Crippen LogP contribution < -0.4 is 5.73 Å². The molecule has 1 aromatic rings. The van der Waals surface area contributed by atoms with Gasteiger partial charge in [0.25, 0.3) is 5.91 Å². The van der Waals surface area contributed by atoms with Gasteiger partial charge in [-0.1, -0.05) is 12.1 Å². The Bertz CT molecular complexity index is 766. The van der Waals surface area contributed by atoms with Crippen LogP contribution in [0.3, 0.4) is 0 Å². The molecule has 0 unspecified atom stereocenters. The van der Waals surface area contributed by atoms with E-state index in [0.717, 1.165) is 0 Å². The van der Waals surface area contributed by atoms with Crippen LogP contribution in [0.2, 0.25) is 0 Å². The number of amides is 2. The monoisotopic (exact) mass is 374 g/mol. The van der Waals surface area contributed by atoms with E-state index < -0.39 is 17.7 Å². The summed E-state index contributed by atoms with van der Waals surface area (Å²) >= 11 is 0. The van der Waals surface area contributed by atoms with Gasteiger partial charge in [-0.25, -0.2) is 4.79 Å². The molecule has 0 saturated carbocycles. The Morgan fingerprint density at radius 2 is 1.67 bits per heavy atom. The molecule has 1 aliphatic heterocycles. The molecule has 1 aromatic carbocycles. The van der Waals surface area contributed by atoms with Gasteiger partial charge < -0.3 is 20.6 Å². The Kier molecular flexibility index (Phi) is 6.27. The fourth-order valence-electron chi connectivity index (χ4n) is 2.95. The average molecular weight is 374 g/mol. The van der Waals surface area contributed by atoms with Crippen molar-refractivity contribution in [2.75, 3.05) is 26.7 Å². The Hall–Kier alpha value is -3.23. The topological polar surface area (TPSA) is 145 Å². The highest BCUT2D eigenvalue weighted by Crippen LogP contribution is 2.18. The number of piperidine rings is 1. The van der Waals surface area contributed by atoms with Crippen LogP contribution in [0.5, 0.6) is 0 Å². The Morgan fingerprint density at radius 3 is 2.15 bits per heavy atom. The van der Waals surface area contributed by atoms with E-state index in [1.54, 1.807) is 24.3 Å². The van der Waals surface area contributed by atoms with Crippen LogP contribution in [-0.2, 0) is 14.4 Å². The number of likely N-dealkylation sites (tertiary alicyclic amines) is 1. The molecule has 144 valence electrons. The van der Waals surface area contributed by atoms with Gasteiger partial charge in [0.1, 0.15) is 5.84 Å². The van der Waals surface area contributed by atoms with Gasteiger partial charge in [0.15, 0.2) is 0 Å². The van der Waals surface area contributed by atoms with E-state index in [-0.39, 0.29) is 37.3 Å². The number of hydrogen-bond acceptors (Lipinski definition) is 5. The van der Waals surface area contributed by atoms with Crippen molar-refractivity contribution in [2.24, 2.45) is 11.7 Å². The van der Waals surface area contributed by atoms with Crippen LogP contribution in [0.1, 0.15) is 28.8 Å². The molecule has 9 heteroatoms. The smallest absolute Gasteiger partial charge is 0.372 e. The van der Waals surface area contributed by atoms with Crippen molar-refractivity contribution in [1.82, 2.24) is 9.80 Å². The van der Waals surface area contributed by atoms with Crippen molar-refractivity contribution < 1.29 is 24.3 Å². The van der Waals surface area contributed by atoms with E-state index in [4.69, 9.17) is 16.2 Å². The number of nitrogens with two attached hydrogens (primary N) is 1. The third-order valence-corrected chi connectivity index (χ3v) is 4.59. The summed E-state index contributed by atoms with van der Waals surface area (Å²) in [5.74, 6) is -3.51. The molecule has 1 heterocycles. The summed E-state index contributed by atoms with van der Waals surface area (Å²) in [6, 6.07) is 6.22. The maximum absolute atomic E-state index is 12.4. The van der Waals surface area contributed by atoms with Gasteiger partial charge in [0.2, 0.25) is 11.7 Å². The number of carbonyl (C=O) groups is 4. The number of benzene rings is 1. The first kappa shape index (κ1) is 20.1. The third-order valence-electron chi connectivity index (χ3n) is 4.59. The van der Waals surface area contributed by atoms with Gasteiger partial charge in [-0.3, -0.25) is 19.8 Å². The molecule has 4 N–H and O–H groups in total. The zero-order chi connectivity index (χ0) is 20.1. The molecule has 0 radical (unpaired) electrons. The number of nitrogen functional groups attached to an aromatic ring is 1. The highest BCUT2D eigenvalue weighted by atomic mass is 16.4. The lowest BCUT2D eigenvalue weighted by Gasteiger charge is -2.31. The van der Waals surface area contributed by atoms with Gasteiger partial charge in [0.05, 0.1) is 6.54 Å². The highest BCUT2D eigenvalue weighted by Gasteiger charge is 2.31. The summed E-state index contributed by atoms with van der Waals surface area (Å²) in [6.45, 7) is 0.459. The SMILES string of the molecule is CN(CC(=O)N1CCC(C(=O)C(=O)O)CC1)C(=O)c1ccc(C(=N)N)cc1. The number of carbonyl (C=O) groups excluding carboxylic acids is 3. The zero-order valence-electron chi connectivity index (χ0n) is 15.0. The van der Waals surface area contributed by atoms with Crippen LogP contribution in [0.25, 0.3) is 0 Å². The van der Waals surface area contributed by atoms with Gasteiger partial charge in [-0.2, -0.15) is 0 Å². The number of amidine groups is 1. The first-order valence-corrected chi connectivity index (χ1v) is 8.45. The Labute approximate surface area is 156 Å². The summed E-state index contributed by atoms with van der Waals surface area (Å²) < 4.78 is 0. The van der Waals surface area contributed by atoms with Crippen LogP contribution in [0.4, 0.5) is 0 Å². The molecule has 0 spiro atoms. The first-order chi connectivity index (χ1) is 12.7. The number of ketones is 1. The lowest BCUT2D eigenvalue weighted by molar-refractivity contribution is -0.152. The lowest BCUT2D eigenvalue weighted by atomic mass is 9.92. The van der Waals surface area contributed by atoms with Crippen molar-refractivity contribution in [1.29, 1.82) is 5.41 Å². The second kappa shape index (κ2) is 8.43. The summed E-state index contributed by atoms with van der Waals surface area (Å²) in [5.41, 5.74) is 6.26. The maximum atomic E-state index is 12.4. The first-order valence-electron chi connectivity index (χ1n) is 8.45. The molecule has 1 fully saturated rings. The summed E-state index contributed by atoms with van der Waals surface area (Å²) in [6.07, 6.45) is 0.613. The molecular weight excluding hydrogens is 352 g/mol. The summed E-state index contributed by atoms with van der Waals surface area (Å²) in [4.78, 5) is 49.9. The average Bonchev–Trinajstić information content (AvgIpc) is 2.66. The number of hydrogen-bond donors (Lipinski definition) is 3. The minimum absolute atomic E-state index is 0.0951. The Balaban J connectivity index is 1.90. The van der Waals surface area contributed by atoms with Gasteiger partial charge >= 0.3 is 5.97 Å². The van der Waals surface area contributed by atoms with Crippen LogP contribution >= 0.6 is 0 Å². The standard InChI is InChI=1S/C18H22N4O5/c1-21(17(25)13-4-2-12(3-5-13)16(19)20)10-14(23)22-8-6-11(7-9-22)15(24)18(26)27/h2-5,11H,6-10H2,1H3,(H3,19,20)(H,26,27). The van der Waals surface area contributed by atoms with Crippen molar-refractivity contribution in [2.45, 2.75) is 12.8 Å². The second-order valence-electron chi connectivity index (χ2n) is 6.48. The minimum atomic E-state index is -1.44. The van der Waals surface area contributed by atoms with E-state index in [2.05, 4.69) is 0 Å². The number of rotatable bonds is 6. The number of nitrogens with one attached hydrogen (secondary N) is 1. The number of nitrogens with zero attached hydrogens (tertiary/aromatic N) is 2. The van der Waals surface area contributed by atoms with E-state index in [0.29, 0.717) is 24.0 Å². The van der Waals surface area contributed by atoms with E-state index in [1.165, 1.54) is 16.8 Å². The van der Waals surface area contributed by atoms with Crippen molar-refractivity contribution in [3.05, 3.63) is 35.4 Å². The van der Waals surface area contributed by atoms with E-state index in [9.17, 15) is 19.2 Å². The number of Topliss-reactive ketones (excluding diaryl/α,β-unsaturated/α-hetero) is 1. The van der Waals surface area contributed by atoms with E-state index >= 15 is 0 Å². The molecule has 2 rings (SSSR count). The van der Waals surface area contributed by atoms with Crippen molar-refractivity contribution >= 4 is 29.4 Å². The molecule has 0 atom stereocenters. The predicted octanol–water partition coefficient (Wildman–Crippen LogP) is -0.0650. The quantitative estimate of drug-likeness (QED) is 0.361. The van der Waals surface area contributed by atoms with Crippen LogP contribution in [0.15, 0.2) is 24.3 Å². The van der Waals surface area contributed by atoms with Gasteiger partial charge in [-0.15, -0.1) is 0 Å². The molecule has 0 aromatic heterocycles. The normalized spacial score (nSPS) is 14.5. The van der Waals surface area contributed by atoms with E-state index in [1.807, 2.05) is 0 Å². The van der Waals surface area contributed by atoms with Gasteiger partial charge in [-0.05, 0) is 25.0 Å². The molecule has 1 aliphatic rings. The molecule has 0 bridgehead atoms. The summed E-state index contributed by atoms with van der Waals surface area (Å²) in [5, 5.41) is 16.1. The molecule has 2 amide bonds. The molecular formula is C18H22N4O5. The number of carboxylic acids is 1. The predicted molar refractivity (Wildman–Crippen MR) is 96.4 cm³/mol. The van der Waals surface area contributed by atoms with Crippen molar-refractivity contribution in [3.8, 4) is 0 Å². The fourth-order valence-corrected chi connectivity index (χ4v) is 2.95. The second-order valence-corrected chi connectivity index (χ2v) is 6.48. The fraction of sp³-hybridized carbons (Fsp3) is 0.389. The van der Waals surface area contributed by atoms with Gasteiger partial charge in [0, 0.05) is 37.2 Å². The lowest BCUT2D eigenvalue weighted by Crippen LogP contribution is -2.46. The minimum Gasteiger partial charge on any atom is -0.475 e. The maximum Gasteiger partial charge on any atom is 0.372 e. The molecule has 1 saturated heterocycles. The highest BCUT2D eigenvalue weighted by molar-refractivity contribution is 6.33. The molecule has 27 heavy (non-hydrogen) atoms. The summed E-state index contributed by atoms with van der Waals surface area (Å²) in [7, 11) is 1.51. The third kappa shape index (κ3) is 4.90. The van der Waals surface area contributed by atoms with Crippen LogP contribution in [-0.4, -0.2) is 71.0 Å². The number of likely N-dealkylation sites (N-methyl/N-ethyl adjacent to an activating group) is 1. The Morgan fingerprint density at radius 1 is 1.15 bits per heavy atom. The van der Waals surface area contributed by atoms with Crippen molar-refractivity contribution in [3.63, 3.8) is 0 Å². The number of carboxylic acid groups (broad SMARTS) is 1. The largest absolute Gasteiger partial charge is 0.475 e. The molecule has 9 nitrogen and oxygen atoms in total.